The molecule has 0 bridgehead atoms. The van der Waals surface area contributed by atoms with E-state index in [1.165, 1.54) is 6.20 Å². The van der Waals surface area contributed by atoms with Crippen LogP contribution < -0.4 is 4.90 Å². The predicted molar refractivity (Wildman–Crippen MR) is 75.4 cm³/mol. The van der Waals surface area contributed by atoms with Gasteiger partial charge in [-0.05, 0) is 41.6 Å². The molecule has 2 rings (SSSR count). The van der Waals surface area contributed by atoms with Gasteiger partial charge in [0.25, 0.3) is 5.69 Å². The molecule has 0 aliphatic carbocycles. The highest BCUT2D eigenvalue weighted by Gasteiger charge is 2.26. The van der Waals surface area contributed by atoms with Crippen LogP contribution in [0.25, 0.3) is 0 Å². The van der Waals surface area contributed by atoms with Gasteiger partial charge in [-0.3, -0.25) is 10.1 Å². The van der Waals surface area contributed by atoms with Crippen molar-refractivity contribution in [1.29, 1.82) is 0 Å². The second-order valence-corrected chi connectivity index (χ2v) is 5.57. The van der Waals surface area contributed by atoms with E-state index >= 15 is 0 Å². The van der Waals surface area contributed by atoms with Gasteiger partial charge in [-0.2, -0.15) is 0 Å². The molecule has 1 aliphatic rings. The van der Waals surface area contributed by atoms with Crippen molar-refractivity contribution in [3.8, 4) is 0 Å². The number of hydrogen-bond acceptors (Lipinski definition) is 5. The Morgan fingerprint density at radius 3 is 3.05 bits per heavy atom. The maximum atomic E-state index is 10.8. The summed E-state index contributed by atoms with van der Waals surface area (Å²) >= 11 is 3.41. The fourth-order valence-corrected chi connectivity index (χ4v) is 2.96. The summed E-state index contributed by atoms with van der Waals surface area (Å²) in [5, 5.41) is 19.8. The summed E-state index contributed by atoms with van der Waals surface area (Å²) in [6.45, 7) is 3.62. The maximum absolute atomic E-state index is 10.8. The van der Waals surface area contributed by atoms with E-state index in [1.807, 2.05) is 0 Å². The number of aliphatic hydroxyl groups excluding tert-OH is 1. The van der Waals surface area contributed by atoms with Gasteiger partial charge < -0.3 is 10.0 Å². The summed E-state index contributed by atoms with van der Waals surface area (Å²) < 4.78 is 0.686. The molecule has 0 spiro atoms. The minimum atomic E-state index is -0.421. The molecule has 1 unspecified atom stereocenters. The van der Waals surface area contributed by atoms with E-state index in [4.69, 9.17) is 5.11 Å². The lowest BCUT2D eigenvalue weighted by Gasteiger charge is -2.19. The molecule has 1 fully saturated rings. The molecular formula is C12H16BrN3O3. The Kier molecular flexibility index (Phi) is 4.36. The lowest BCUT2D eigenvalue weighted by atomic mass is 10.1. The van der Waals surface area contributed by atoms with Crippen molar-refractivity contribution in [2.24, 2.45) is 5.92 Å². The molecule has 19 heavy (non-hydrogen) atoms. The molecule has 1 atom stereocenters. The van der Waals surface area contributed by atoms with Crippen molar-refractivity contribution in [3.63, 3.8) is 0 Å². The first-order valence-corrected chi connectivity index (χ1v) is 6.99. The van der Waals surface area contributed by atoms with Crippen LogP contribution >= 0.6 is 15.9 Å². The smallest absolute Gasteiger partial charge is 0.291 e. The fraction of sp³-hybridized carbons (Fsp3) is 0.583. The number of pyridine rings is 1. The number of halogens is 1. The highest BCUT2D eigenvalue weighted by atomic mass is 79.9. The van der Waals surface area contributed by atoms with Gasteiger partial charge in [-0.15, -0.1) is 0 Å². The van der Waals surface area contributed by atoms with Gasteiger partial charge in [0.05, 0.1) is 9.40 Å². The molecule has 2 heterocycles. The van der Waals surface area contributed by atoms with Gasteiger partial charge in [-0.1, -0.05) is 0 Å². The van der Waals surface area contributed by atoms with Gasteiger partial charge in [-0.25, -0.2) is 4.98 Å². The van der Waals surface area contributed by atoms with Gasteiger partial charge in [0, 0.05) is 25.3 Å². The first-order chi connectivity index (χ1) is 9.04. The molecule has 1 saturated heterocycles. The zero-order chi connectivity index (χ0) is 14.0. The number of hydrogen-bond donors (Lipinski definition) is 1. The first kappa shape index (κ1) is 14.2. The Morgan fingerprint density at radius 1 is 1.68 bits per heavy atom. The lowest BCUT2D eigenvalue weighted by Crippen LogP contribution is -2.22. The normalized spacial score (nSPS) is 18.9. The Balaban J connectivity index is 2.23. The summed E-state index contributed by atoms with van der Waals surface area (Å²) in [4.78, 5) is 16.7. The van der Waals surface area contributed by atoms with E-state index in [2.05, 4.69) is 25.8 Å². The number of aliphatic hydroxyl groups is 1. The predicted octanol–water partition coefficient (Wildman–Crippen LogP) is 2.27. The minimum absolute atomic E-state index is 0.0294. The Bertz CT molecular complexity index is 495. The van der Waals surface area contributed by atoms with Crippen LogP contribution in [0.1, 0.15) is 18.4 Å². The molecule has 1 aromatic heterocycles. The maximum Gasteiger partial charge on any atom is 0.291 e. The highest BCUT2D eigenvalue weighted by Crippen LogP contribution is 2.35. The standard InChI is InChI=1S/C12H16BrN3O3/c1-8-10(16(18)19)6-14-12(11(8)13)15-4-2-9(7-15)3-5-17/h6,9,17H,2-5,7H2,1H3. The molecule has 1 aromatic rings. The van der Waals surface area contributed by atoms with E-state index in [-0.39, 0.29) is 12.3 Å². The molecular weight excluding hydrogens is 314 g/mol. The molecule has 0 saturated carbocycles. The number of rotatable bonds is 4. The molecule has 0 amide bonds. The quantitative estimate of drug-likeness (QED) is 0.677. The number of aromatic nitrogens is 1. The Labute approximate surface area is 119 Å². The van der Waals surface area contributed by atoms with Crippen molar-refractivity contribution in [3.05, 3.63) is 26.3 Å². The van der Waals surface area contributed by atoms with Crippen LogP contribution in [0.15, 0.2) is 10.7 Å². The van der Waals surface area contributed by atoms with Crippen molar-refractivity contribution < 1.29 is 10.0 Å². The van der Waals surface area contributed by atoms with Gasteiger partial charge in [0.15, 0.2) is 0 Å². The van der Waals surface area contributed by atoms with E-state index < -0.39 is 4.92 Å². The first-order valence-electron chi connectivity index (χ1n) is 6.20. The lowest BCUT2D eigenvalue weighted by molar-refractivity contribution is -0.385. The summed E-state index contributed by atoms with van der Waals surface area (Å²) in [5.41, 5.74) is 0.627. The highest BCUT2D eigenvalue weighted by molar-refractivity contribution is 9.10. The largest absolute Gasteiger partial charge is 0.396 e. The summed E-state index contributed by atoms with van der Waals surface area (Å²) in [6, 6.07) is 0. The topological polar surface area (TPSA) is 79.5 Å². The van der Waals surface area contributed by atoms with E-state index in [0.29, 0.717) is 16.0 Å². The van der Waals surface area contributed by atoms with Crippen LogP contribution in [0.2, 0.25) is 0 Å². The zero-order valence-corrected chi connectivity index (χ0v) is 12.3. The number of anilines is 1. The van der Waals surface area contributed by atoms with Crippen molar-refractivity contribution >= 4 is 27.4 Å². The zero-order valence-electron chi connectivity index (χ0n) is 10.7. The number of nitrogens with zero attached hydrogens (tertiary/aromatic N) is 3. The van der Waals surface area contributed by atoms with Gasteiger partial charge in [0.2, 0.25) is 0 Å². The molecule has 0 aromatic carbocycles. The molecule has 104 valence electrons. The van der Waals surface area contributed by atoms with Crippen molar-refractivity contribution in [2.75, 3.05) is 24.6 Å². The Hall–Kier alpha value is -1.21. The molecule has 6 nitrogen and oxygen atoms in total. The van der Waals surface area contributed by atoms with E-state index in [0.717, 1.165) is 31.7 Å². The average molecular weight is 330 g/mol. The molecule has 7 heteroatoms. The average Bonchev–Trinajstić information content (AvgIpc) is 2.81. The van der Waals surface area contributed by atoms with Crippen LogP contribution in [-0.2, 0) is 0 Å². The third-order valence-electron chi connectivity index (χ3n) is 3.54. The van der Waals surface area contributed by atoms with E-state index in [1.54, 1.807) is 6.92 Å². The summed E-state index contributed by atoms with van der Waals surface area (Å²) in [7, 11) is 0. The summed E-state index contributed by atoms with van der Waals surface area (Å²) in [6.07, 6.45) is 3.12. The van der Waals surface area contributed by atoms with Gasteiger partial charge in [0.1, 0.15) is 12.0 Å². The minimum Gasteiger partial charge on any atom is -0.396 e. The third-order valence-corrected chi connectivity index (χ3v) is 4.49. The molecule has 0 radical (unpaired) electrons. The van der Waals surface area contributed by atoms with Crippen LogP contribution in [0.4, 0.5) is 11.5 Å². The Morgan fingerprint density at radius 2 is 2.42 bits per heavy atom. The second kappa shape index (κ2) is 5.83. The van der Waals surface area contributed by atoms with Crippen molar-refractivity contribution in [1.82, 2.24) is 4.98 Å². The molecule has 1 N–H and O–H groups in total. The van der Waals surface area contributed by atoms with Crippen LogP contribution in [0.3, 0.4) is 0 Å². The SMILES string of the molecule is Cc1c([N+](=O)[O-])cnc(N2CCC(CCO)C2)c1Br. The number of nitro groups is 1. The van der Waals surface area contributed by atoms with Crippen molar-refractivity contribution in [2.45, 2.75) is 19.8 Å². The van der Waals surface area contributed by atoms with Crippen LogP contribution in [0, 0.1) is 23.0 Å². The third kappa shape index (κ3) is 2.87. The fourth-order valence-electron chi connectivity index (χ4n) is 2.40. The monoisotopic (exact) mass is 329 g/mol. The van der Waals surface area contributed by atoms with E-state index in [9.17, 15) is 10.1 Å². The van der Waals surface area contributed by atoms with Crippen LogP contribution in [-0.4, -0.2) is 34.7 Å². The van der Waals surface area contributed by atoms with Crippen LogP contribution in [0.5, 0.6) is 0 Å². The van der Waals surface area contributed by atoms with Gasteiger partial charge >= 0.3 is 0 Å². The molecule has 1 aliphatic heterocycles. The summed E-state index contributed by atoms with van der Waals surface area (Å²) in [5.74, 6) is 1.22. The second-order valence-electron chi connectivity index (χ2n) is 4.78.